The lowest BCUT2D eigenvalue weighted by atomic mass is 9.79. The van der Waals surface area contributed by atoms with Gasteiger partial charge in [0.25, 0.3) is 0 Å². The molecule has 2 aliphatic heterocycles. The van der Waals surface area contributed by atoms with Crippen molar-refractivity contribution in [3.05, 3.63) is 36.8 Å². The Hall–Kier alpha value is -3.08. The fourth-order valence-corrected chi connectivity index (χ4v) is 5.80. The summed E-state index contributed by atoms with van der Waals surface area (Å²) in [7, 11) is 1.60. The molecule has 0 bridgehead atoms. The Morgan fingerprint density at radius 2 is 1.89 bits per heavy atom. The molecule has 0 radical (unpaired) electrons. The van der Waals surface area contributed by atoms with E-state index in [2.05, 4.69) is 58.6 Å². The van der Waals surface area contributed by atoms with Crippen LogP contribution in [-0.2, 0) is 9.47 Å². The fraction of sp³-hybridized carbons (Fsp3) is 0.571. The van der Waals surface area contributed by atoms with Gasteiger partial charge >= 0.3 is 0 Å². The van der Waals surface area contributed by atoms with Crippen LogP contribution in [0.5, 0.6) is 5.75 Å². The van der Waals surface area contributed by atoms with Crippen LogP contribution in [0.4, 0.5) is 5.82 Å². The van der Waals surface area contributed by atoms with Gasteiger partial charge in [0.1, 0.15) is 12.0 Å². The number of rotatable bonds is 8. The molecule has 1 aromatic carbocycles. The van der Waals surface area contributed by atoms with Crippen molar-refractivity contribution in [3.63, 3.8) is 0 Å². The predicted molar refractivity (Wildman–Crippen MR) is 146 cm³/mol. The largest absolute Gasteiger partial charge is 0.467 e. The van der Waals surface area contributed by atoms with Gasteiger partial charge < -0.3 is 24.8 Å². The van der Waals surface area contributed by atoms with E-state index in [1.807, 2.05) is 35.3 Å². The molecule has 0 aliphatic carbocycles. The van der Waals surface area contributed by atoms with Crippen LogP contribution in [-0.4, -0.2) is 62.6 Å². The lowest BCUT2D eigenvalue weighted by Crippen LogP contribution is -2.60. The van der Waals surface area contributed by atoms with Gasteiger partial charge in [0, 0.05) is 42.6 Å². The van der Waals surface area contributed by atoms with Crippen molar-refractivity contribution >= 4 is 5.82 Å². The fourth-order valence-electron chi connectivity index (χ4n) is 5.80. The Bertz CT molecular complexity index is 1200. The number of piperidine rings is 1. The molecule has 10 nitrogen and oxygen atoms in total. The van der Waals surface area contributed by atoms with Crippen molar-refractivity contribution in [2.75, 3.05) is 25.8 Å². The molecule has 2 N–H and O–H groups in total. The number of hydrogen-bond acceptors (Lipinski definition) is 9. The Morgan fingerprint density at radius 3 is 2.58 bits per heavy atom. The average molecular weight is 522 g/mol. The summed E-state index contributed by atoms with van der Waals surface area (Å²) >= 11 is 0. The van der Waals surface area contributed by atoms with Gasteiger partial charge in [-0.05, 0) is 77.5 Å². The molecule has 1 atom stereocenters. The second-order valence-electron chi connectivity index (χ2n) is 11.6. The number of benzene rings is 1. The van der Waals surface area contributed by atoms with Crippen LogP contribution in [0.3, 0.4) is 0 Å². The molecule has 5 rings (SSSR count). The van der Waals surface area contributed by atoms with Crippen molar-refractivity contribution in [2.45, 2.75) is 83.1 Å². The highest BCUT2D eigenvalue weighted by molar-refractivity contribution is 5.72. The third-order valence-electron chi connectivity index (χ3n) is 7.04. The van der Waals surface area contributed by atoms with Gasteiger partial charge in [-0.25, -0.2) is 9.67 Å². The van der Waals surface area contributed by atoms with Crippen LogP contribution in [0.2, 0.25) is 0 Å². The third kappa shape index (κ3) is 6.31. The summed E-state index contributed by atoms with van der Waals surface area (Å²) in [6, 6.07) is 6.22. The van der Waals surface area contributed by atoms with Gasteiger partial charge in [0.15, 0.2) is 18.4 Å². The lowest BCUT2D eigenvalue weighted by Gasteiger charge is -2.46. The smallest absolute Gasteiger partial charge is 0.188 e. The Morgan fingerprint density at radius 1 is 1.08 bits per heavy atom. The molecule has 0 spiro atoms. The van der Waals surface area contributed by atoms with E-state index in [0.29, 0.717) is 17.4 Å². The SMILES string of the molecule is COCOc1cc(-c2cnn(C3CCCCO3)c2)ccc1-c1ncc(NC2CC(C)(C)NC(C)(C)C2)nn1. The zero-order chi connectivity index (χ0) is 26.8. The van der Waals surface area contributed by atoms with Crippen molar-refractivity contribution in [2.24, 2.45) is 0 Å². The minimum Gasteiger partial charge on any atom is -0.467 e. The number of nitrogens with one attached hydrogen (secondary N) is 2. The Kier molecular flexibility index (Phi) is 7.65. The van der Waals surface area contributed by atoms with Crippen LogP contribution < -0.4 is 15.4 Å². The molecule has 1 unspecified atom stereocenters. The van der Waals surface area contributed by atoms with E-state index in [4.69, 9.17) is 14.2 Å². The predicted octanol–water partition coefficient (Wildman–Crippen LogP) is 4.81. The van der Waals surface area contributed by atoms with Gasteiger partial charge in [-0.2, -0.15) is 5.10 Å². The van der Waals surface area contributed by atoms with Crippen LogP contribution in [0.25, 0.3) is 22.5 Å². The number of methoxy groups -OCH3 is 1. The minimum absolute atomic E-state index is 0.00500. The van der Waals surface area contributed by atoms with Crippen molar-refractivity contribution < 1.29 is 14.2 Å². The van der Waals surface area contributed by atoms with Gasteiger partial charge in [0.05, 0.1) is 18.0 Å². The summed E-state index contributed by atoms with van der Waals surface area (Å²) in [5, 5.41) is 20.7. The molecule has 204 valence electrons. The minimum atomic E-state index is -0.00500. The molecule has 3 aromatic rings. The van der Waals surface area contributed by atoms with Crippen molar-refractivity contribution in [1.82, 2.24) is 30.3 Å². The monoisotopic (exact) mass is 521 g/mol. The van der Waals surface area contributed by atoms with E-state index in [-0.39, 0.29) is 30.1 Å². The van der Waals surface area contributed by atoms with Gasteiger partial charge in [0.2, 0.25) is 0 Å². The molecule has 4 heterocycles. The first-order valence-corrected chi connectivity index (χ1v) is 13.4. The second kappa shape index (κ2) is 11.0. The maximum absolute atomic E-state index is 5.92. The maximum Gasteiger partial charge on any atom is 0.188 e. The molecule has 2 aliphatic rings. The summed E-state index contributed by atoms with van der Waals surface area (Å²) < 4.78 is 18.9. The van der Waals surface area contributed by atoms with Gasteiger partial charge in [-0.1, -0.05) is 6.07 Å². The second-order valence-corrected chi connectivity index (χ2v) is 11.6. The first-order chi connectivity index (χ1) is 18.2. The molecule has 0 amide bonds. The normalized spacial score (nSPS) is 21.2. The van der Waals surface area contributed by atoms with Gasteiger partial charge in [-0.15, -0.1) is 10.2 Å². The standard InChI is InChI=1S/C28H39N7O3/c1-27(2)13-21(14-28(3,4)34-27)31-24-16-29-26(33-32-24)22-10-9-19(12-23(22)38-18-36-5)20-15-30-35(17-20)25-8-6-7-11-37-25/h9-10,12,15-17,21,25,34H,6-8,11,13-14,18H2,1-5H3,(H,31,32). The first kappa shape index (κ1) is 26.5. The number of hydrogen-bond donors (Lipinski definition) is 2. The van der Waals surface area contributed by atoms with E-state index in [1.165, 1.54) is 0 Å². The average Bonchev–Trinajstić information content (AvgIpc) is 3.37. The highest BCUT2D eigenvalue weighted by Gasteiger charge is 2.37. The summed E-state index contributed by atoms with van der Waals surface area (Å²) in [6.07, 6.45) is 10.8. The number of ether oxygens (including phenoxy) is 3. The van der Waals surface area contributed by atoms with E-state index in [9.17, 15) is 0 Å². The van der Waals surface area contributed by atoms with Crippen LogP contribution >= 0.6 is 0 Å². The van der Waals surface area contributed by atoms with E-state index >= 15 is 0 Å². The maximum atomic E-state index is 5.92. The highest BCUT2D eigenvalue weighted by Crippen LogP contribution is 2.34. The molecule has 2 saturated heterocycles. The van der Waals surface area contributed by atoms with Crippen LogP contribution in [0.1, 0.15) is 66.0 Å². The number of aromatic nitrogens is 5. The zero-order valence-corrected chi connectivity index (χ0v) is 23.0. The van der Waals surface area contributed by atoms with E-state index in [1.54, 1.807) is 13.3 Å². The Balaban J connectivity index is 1.34. The summed E-state index contributed by atoms with van der Waals surface area (Å²) in [5.74, 6) is 1.78. The van der Waals surface area contributed by atoms with E-state index in [0.717, 1.165) is 55.4 Å². The third-order valence-corrected chi connectivity index (χ3v) is 7.04. The summed E-state index contributed by atoms with van der Waals surface area (Å²) in [4.78, 5) is 4.62. The summed E-state index contributed by atoms with van der Waals surface area (Å²) in [5.41, 5.74) is 2.78. The molecule has 0 saturated carbocycles. The molecular formula is C28H39N7O3. The quantitative estimate of drug-likeness (QED) is 0.404. The number of nitrogens with zero attached hydrogens (tertiary/aromatic N) is 5. The zero-order valence-electron chi connectivity index (χ0n) is 23.0. The number of anilines is 1. The first-order valence-electron chi connectivity index (χ1n) is 13.4. The molecular weight excluding hydrogens is 482 g/mol. The topological polar surface area (TPSA) is 108 Å². The molecule has 10 heteroatoms. The molecule has 2 fully saturated rings. The highest BCUT2D eigenvalue weighted by atomic mass is 16.7. The van der Waals surface area contributed by atoms with E-state index < -0.39 is 0 Å². The molecule has 2 aromatic heterocycles. The van der Waals surface area contributed by atoms with Crippen molar-refractivity contribution in [3.8, 4) is 28.3 Å². The Labute approximate surface area is 224 Å². The van der Waals surface area contributed by atoms with Crippen molar-refractivity contribution in [1.29, 1.82) is 0 Å². The lowest BCUT2D eigenvalue weighted by molar-refractivity contribution is -0.0394. The van der Waals surface area contributed by atoms with Crippen LogP contribution in [0, 0.1) is 0 Å². The van der Waals surface area contributed by atoms with Crippen LogP contribution in [0.15, 0.2) is 36.8 Å². The molecule has 38 heavy (non-hydrogen) atoms. The van der Waals surface area contributed by atoms with Gasteiger partial charge in [-0.3, -0.25) is 0 Å². The summed E-state index contributed by atoms with van der Waals surface area (Å²) in [6.45, 7) is 9.82.